The van der Waals surface area contributed by atoms with Gasteiger partial charge in [-0.25, -0.2) is 9.67 Å². The molecule has 1 aliphatic heterocycles. The van der Waals surface area contributed by atoms with Crippen LogP contribution >= 0.6 is 0 Å². The molecule has 164 valence electrons. The molecular weight excluding hydrogens is 418 g/mol. The zero-order valence-electron chi connectivity index (χ0n) is 18.4. The summed E-state index contributed by atoms with van der Waals surface area (Å²) in [5, 5.41) is 7.94. The number of rotatable bonds is 4. The molecule has 1 aliphatic rings. The number of aryl methyl sites for hydroxylation is 2. The highest BCUT2D eigenvalue weighted by Crippen LogP contribution is 2.26. The van der Waals surface area contributed by atoms with Crippen molar-refractivity contribution in [2.45, 2.75) is 20.4 Å². The van der Waals surface area contributed by atoms with E-state index in [4.69, 9.17) is 0 Å². The zero-order valence-corrected chi connectivity index (χ0v) is 18.4. The van der Waals surface area contributed by atoms with Gasteiger partial charge in [-0.05, 0) is 43.7 Å². The summed E-state index contributed by atoms with van der Waals surface area (Å²) >= 11 is 0. The van der Waals surface area contributed by atoms with E-state index in [0.717, 1.165) is 10.5 Å². The third-order valence-electron chi connectivity index (χ3n) is 5.78. The Labute approximate surface area is 189 Å². The minimum Gasteiger partial charge on any atom is -0.322 e. The number of hydrogen-bond acceptors (Lipinski definition) is 5. The summed E-state index contributed by atoms with van der Waals surface area (Å²) in [7, 11) is 1.44. The third kappa shape index (κ3) is 3.55. The van der Waals surface area contributed by atoms with Gasteiger partial charge >= 0.3 is 0 Å². The third-order valence-corrected chi connectivity index (χ3v) is 5.78. The number of nitrogens with one attached hydrogen (secondary N) is 1. The Morgan fingerprint density at radius 1 is 0.970 bits per heavy atom. The fourth-order valence-electron chi connectivity index (χ4n) is 3.98. The van der Waals surface area contributed by atoms with Gasteiger partial charge in [0.15, 0.2) is 5.65 Å². The topological polar surface area (TPSA) is 97.2 Å². The first-order valence-corrected chi connectivity index (χ1v) is 10.5. The molecule has 0 bridgehead atoms. The maximum Gasteiger partial charge on any atom is 0.261 e. The van der Waals surface area contributed by atoms with Gasteiger partial charge < -0.3 is 5.32 Å². The van der Waals surface area contributed by atoms with Crippen LogP contribution in [0, 0.1) is 13.8 Å². The molecule has 33 heavy (non-hydrogen) atoms. The van der Waals surface area contributed by atoms with Crippen LogP contribution in [0.3, 0.4) is 0 Å². The van der Waals surface area contributed by atoms with Gasteiger partial charge in [-0.1, -0.05) is 29.8 Å². The number of imide groups is 1. The monoisotopic (exact) mass is 439 g/mol. The molecule has 2 aromatic carbocycles. The highest BCUT2D eigenvalue weighted by atomic mass is 16.2. The lowest BCUT2D eigenvalue weighted by Crippen LogP contribution is -2.24. The number of pyridine rings is 1. The molecule has 0 saturated heterocycles. The first kappa shape index (κ1) is 20.6. The van der Waals surface area contributed by atoms with Gasteiger partial charge in [0.2, 0.25) is 0 Å². The van der Waals surface area contributed by atoms with E-state index in [1.54, 1.807) is 29.1 Å². The molecule has 0 saturated carbocycles. The molecule has 3 heterocycles. The first-order chi connectivity index (χ1) is 15.8. The maximum absolute atomic E-state index is 13.2. The van der Waals surface area contributed by atoms with Crippen molar-refractivity contribution in [3.05, 3.63) is 88.2 Å². The van der Waals surface area contributed by atoms with Gasteiger partial charge in [-0.15, -0.1) is 0 Å². The van der Waals surface area contributed by atoms with Gasteiger partial charge in [-0.3, -0.25) is 19.3 Å². The Morgan fingerprint density at radius 3 is 2.45 bits per heavy atom. The number of nitrogens with zero attached hydrogens (tertiary/aromatic N) is 4. The van der Waals surface area contributed by atoms with Crippen molar-refractivity contribution in [1.82, 2.24) is 19.7 Å². The molecule has 1 N–H and O–H groups in total. The van der Waals surface area contributed by atoms with Gasteiger partial charge in [0, 0.05) is 18.4 Å². The van der Waals surface area contributed by atoms with E-state index in [2.05, 4.69) is 15.4 Å². The van der Waals surface area contributed by atoms with E-state index in [1.807, 2.05) is 38.1 Å². The van der Waals surface area contributed by atoms with Crippen LogP contribution in [0.25, 0.3) is 11.0 Å². The molecule has 8 heteroatoms. The Hall–Kier alpha value is -4.33. The van der Waals surface area contributed by atoms with Crippen LogP contribution < -0.4 is 5.32 Å². The maximum atomic E-state index is 13.2. The number of amides is 3. The van der Waals surface area contributed by atoms with E-state index in [-0.39, 0.29) is 23.3 Å². The number of benzene rings is 2. The Balaban J connectivity index is 1.46. The molecule has 4 aromatic rings. The van der Waals surface area contributed by atoms with Crippen molar-refractivity contribution in [3.63, 3.8) is 0 Å². The van der Waals surface area contributed by atoms with Crippen LogP contribution in [0.5, 0.6) is 0 Å². The molecule has 3 amide bonds. The summed E-state index contributed by atoms with van der Waals surface area (Å²) in [4.78, 5) is 43.2. The quantitative estimate of drug-likeness (QED) is 0.490. The van der Waals surface area contributed by atoms with Gasteiger partial charge in [0.05, 0.1) is 34.8 Å². The molecule has 8 nitrogen and oxygen atoms in total. The highest BCUT2D eigenvalue weighted by molar-refractivity contribution is 6.22. The normalized spacial score (nSPS) is 13.0. The lowest BCUT2D eigenvalue weighted by atomic mass is 10.1. The van der Waals surface area contributed by atoms with Crippen molar-refractivity contribution in [2.24, 2.45) is 0 Å². The summed E-state index contributed by atoms with van der Waals surface area (Å²) < 4.78 is 1.78. The van der Waals surface area contributed by atoms with Crippen LogP contribution in [0.15, 0.2) is 54.7 Å². The molecule has 0 atom stereocenters. The second-order valence-corrected chi connectivity index (χ2v) is 8.22. The average molecular weight is 439 g/mol. The number of hydrogen-bond donors (Lipinski definition) is 1. The second-order valence-electron chi connectivity index (χ2n) is 8.22. The van der Waals surface area contributed by atoms with Crippen molar-refractivity contribution in [2.75, 3.05) is 12.4 Å². The largest absolute Gasteiger partial charge is 0.322 e. The van der Waals surface area contributed by atoms with Crippen LogP contribution in [-0.4, -0.2) is 44.4 Å². The van der Waals surface area contributed by atoms with Crippen molar-refractivity contribution >= 4 is 34.4 Å². The molecule has 0 aliphatic carbocycles. The standard InChI is InChI=1S/C25H21N5O3/c1-14-4-6-16(7-5-14)13-30-22-21(12-26-30)19(10-15(2)27-22)23(31)28-17-8-9-18-20(11-17)25(33)29(3)24(18)32/h4-12H,13H2,1-3H3,(H,28,31). The number of aromatic nitrogens is 3. The smallest absolute Gasteiger partial charge is 0.261 e. The molecule has 2 aromatic heterocycles. The number of carbonyl (C=O) groups excluding carboxylic acids is 3. The van der Waals surface area contributed by atoms with E-state index in [9.17, 15) is 14.4 Å². The molecule has 5 rings (SSSR count). The fourth-order valence-corrected chi connectivity index (χ4v) is 3.98. The molecule has 0 fully saturated rings. The predicted octanol–water partition coefficient (Wildman–Crippen LogP) is 3.57. The lowest BCUT2D eigenvalue weighted by molar-refractivity contribution is 0.0692. The first-order valence-electron chi connectivity index (χ1n) is 10.5. The van der Waals surface area contributed by atoms with E-state index in [1.165, 1.54) is 18.7 Å². The summed E-state index contributed by atoms with van der Waals surface area (Å²) in [5.74, 6) is -1.07. The van der Waals surface area contributed by atoms with Gasteiger partial charge in [-0.2, -0.15) is 5.10 Å². The summed E-state index contributed by atoms with van der Waals surface area (Å²) in [5.41, 5.74) is 5.06. The zero-order chi connectivity index (χ0) is 23.3. The second kappa shape index (κ2) is 7.67. The predicted molar refractivity (Wildman–Crippen MR) is 123 cm³/mol. The van der Waals surface area contributed by atoms with Crippen molar-refractivity contribution in [1.29, 1.82) is 0 Å². The lowest BCUT2D eigenvalue weighted by Gasteiger charge is -2.09. The minimum absolute atomic E-state index is 0.280. The number of fused-ring (bicyclic) bond motifs is 2. The fraction of sp³-hybridized carbons (Fsp3) is 0.160. The molecule has 0 radical (unpaired) electrons. The SMILES string of the molecule is Cc1ccc(Cn2ncc3c(C(=O)Nc4ccc5c(c4)C(=O)N(C)C5=O)cc(C)nc32)cc1. The van der Waals surface area contributed by atoms with Crippen molar-refractivity contribution in [3.8, 4) is 0 Å². The van der Waals surface area contributed by atoms with E-state index >= 15 is 0 Å². The van der Waals surface area contributed by atoms with Gasteiger partial charge in [0.25, 0.3) is 17.7 Å². The highest BCUT2D eigenvalue weighted by Gasteiger charge is 2.32. The summed E-state index contributed by atoms with van der Waals surface area (Å²) in [6.07, 6.45) is 1.64. The summed E-state index contributed by atoms with van der Waals surface area (Å²) in [6, 6.07) is 14.6. The molecule has 0 unspecified atom stereocenters. The Morgan fingerprint density at radius 2 is 1.70 bits per heavy atom. The Bertz CT molecular complexity index is 1450. The molecular formula is C25H21N5O3. The number of anilines is 1. The Kier molecular flexibility index (Phi) is 4.78. The summed E-state index contributed by atoms with van der Waals surface area (Å²) in [6.45, 7) is 4.40. The average Bonchev–Trinajstić information content (AvgIpc) is 3.29. The van der Waals surface area contributed by atoms with Crippen LogP contribution in [0.1, 0.15) is 47.9 Å². The van der Waals surface area contributed by atoms with E-state index in [0.29, 0.717) is 40.1 Å². The number of carbonyl (C=O) groups is 3. The minimum atomic E-state index is -0.384. The molecule has 0 spiro atoms. The van der Waals surface area contributed by atoms with Crippen LogP contribution in [-0.2, 0) is 6.54 Å². The van der Waals surface area contributed by atoms with Crippen LogP contribution in [0.2, 0.25) is 0 Å². The van der Waals surface area contributed by atoms with E-state index < -0.39 is 0 Å². The van der Waals surface area contributed by atoms with Crippen LogP contribution in [0.4, 0.5) is 5.69 Å². The van der Waals surface area contributed by atoms with Crippen molar-refractivity contribution < 1.29 is 14.4 Å². The van der Waals surface area contributed by atoms with Gasteiger partial charge in [0.1, 0.15) is 0 Å².